The van der Waals surface area contributed by atoms with Crippen LogP contribution in [0, 0.1) is 24.5 Å². The Kier molecular flexibility index (Phi) is 6.63. The Morgan fingerprint density at radius 3 is 2.71 bits per heavy atom. The third-order valence-electron chi connectivity index (χ3n) is 5.77. The number of benzene rings is 1. The Hall–Kier alpha value is -2.99. The Balaban J connectivity index is 1.51. The van der Waals surface area contributed by atoms with Crippen LogP contribution in [0.15, 0.2) is 40.0 Å². The van der Waals surface area contributed by atoms with Crippen molar-refractivity contribution < 1.29 is 26.4 Å². The van der Waals surface area contributed by atoms with Gasteiger partial charge in [0.05, 0.1) is 19.2 Å². The Morgan fingerprint density at radius 2 is 2.00 bits per heavy atom. The second-order valence-corrected chi connectivity index (χ2v) is 10.3. The van der Waals surface area contributed by atoms with E-state index in [4.69, 9.17) is 4.84 Å². The molecular formula is C22H24F3N5O3S. The number of halogens is 3. The van der Waals surface area contributed by atoms with Crippen LogP contribution in [0.1, 0.15) is 23.7 Å². The van der Waals surface area contributed by atoms with Gasteiger partial charge in [-0.3, -0.25) is 4.98 Å². The first-order valence-electron chi connectivity index (χ1n) is 10.6. The number of likely N-dealkylation sites (tertiary alicyclic amines) is 1. The van der Waals surface area contributed by atoms with Crippen LogP contribution in [0.3, 0.4) is 0 Å². The molecule has 1 aromatic heterocycles. The average molecular weight is 496 g/mol. The van der Waals surface area contributed by atoms with E-state index in [1.807, 2.05) is 13.0 Å². The van der Waals surface area contributed by atoms with E-state index in [9.17, 15) is 21.6 Å². The highest BCUT2D eigenvalue weighted by Gasteiger charge is 2.37. The maximum Gasteiger partial charge on any atom is 0.321 e. The van der Waals surface area contributed by atoms with Gasteiger partial charge < -0.3 is 9.74 Å². The van der Waals surface area contributed by atoms with Gasteiger partial charge in [0.1, 0.15) is 23.5 Å². The summed E-state index contributed by atoms with van der Waals surface area (Å²) in [5.41, 5.74) is 1.94. The normalized spacial score (nSPS) is 23.1. The second-order valence-electron chi connectivity index (χ2n) is 8.48. The minimum absolute atomic E-state index is 0.000483. The second kappa shape index (κ2) is 9.34. The van der Waals surface area contributed by atoms with Crippen molar-refractivity contribution in [2.45, 2.75) is 25.6 Å². The van der Waals surface area contributed by atoms with Crippen LogP contribution in [-0.4, -0.2) is 68.0 Å². The smallest absolute Gasteiger partial charge is 0.321 e. The summed E-state index contributed by atoms with van der Waals surface area (Å²) >= 11 is 0. The highest BCUT2D eigenvalue weighted by molar-refractivity contribution is 7.87. The SMILES string of the molecule is Cc1ccc(C2CC(N3CC(/C=N/S(=O)(=O)N(C)C)[C@@H](F)C3)=NO2)c(-c2ncc(F)cc2F)c1. The summed E-state index contributed by atoms with van der Waals surface area (Å²) in [6.45, 7) is 2.05. The van der Waals surface area contributed by atoms with E-state index in [-0.39, 0.29) is 18.8 Å². The summed E-state index contributed by atoms with van der Waals surface area (Å²) in [7, 11) is -1.14. The molecule has 0 amide bonds. The number of hydrogen-bond donors (Lipinski definition) is 0. The molecule has 0 N–H and O–H groups in total. The largest absolute Gasteiger partial charge is 0.386 e. The number of aryl methyl sites for hydroxylation is 1. The van der Waals surface area contributed by atoms with Crippen LogP contribution >= 0.6 is 0 Å². The van der Waals surface area contributed by atoms with Crippen molar-refractivity contribution in [3.63, 3.8) is 0 Å². The van der Waals surface area contributed by atoms with E-state index >= 15 is 0 Å². The topological polar surface area (TPSA) is 87.5 Å². The average Bonchev–Trinajstić information content (AvgIpc) is 3.39. The number of rotatable bonds is 5. The fourth-order valence-corrected chi connectivity index (χ4v) is 4.38. The lowest BCUT2D eigenvalue weighted by Gasteiger charge is -2.17. The van der Waals surface area contributed by atoms with Crippen LogP contribution < -0.4 is 0 Å². The molecule has 3 atom stereocenters. The highest BCUT2D eigenvalue weighted by atomic mass is 32.2. The Morgan fingerprint density at radius 1 is 1.24 bits per heavy atom. The summed E-state index contributed by atoms with van der Waals surface area (Å²) in [6, 6.07) is 6.13. The number of pyridine rings is 1. The zero-order valence-corrected chi connectivity index (χ0v) is 19.6. The monoisotopic (exact) mass is 495 g/mol. The van der Waals surface area contributed by atoms with Crippen molar-refractivity contribution in [3.05, 3.63) is 53.2 Å². The summed E-state index contributed by atoms with van der Waals surface area (Å²) < 4.78 is 70.6. The molecule has 3 heterocycles. The molecule has 0 saturated carbocycles. The molecule has 0 aliphatic carbocycles. The molecule has 2 unspecified atom stereocenters. The lowest BCUT2D eigenvalue weighted by molar-refractivity contribution is 0.0859. The molecule has 12 heteroatoms. The van der Waals surface area contributed by atoms with Crippen molar-refractivity contribution in [1.29, 1.82) is 0 Å². The number of alkyl halides is 1. The number of nitrogens with zero attached hydrogens (tertiary/aromatic N) is 5. The van der Waals surface area contributed by atoms with Gasteiger partial charge in [-0.1, -0.05) is 22.9 Å². The van der Waals surface area contributed by atoms with Gasteiger partial charge in [0, 0.05) is 50.0 Å². The molecule has 182 valence electrons. The number of amidine groups is 1. The van der Waals surface area contributed by atoms with Crippen LogP contribution in [0.2, 0.25) is 0 Å². The third-order valence-corrected chi connectivity index (χ3v) is 7.09. The molecule has 1 fully saturated rings. The molecule has 0 radical (unpaired) electrons. The van der Waals surface area contributed by atoms with E-state index in [1.54, 1.807) is 17.0 Å². The third kappa shape index (κ3) is 4.92. The molecule has 2 aliphatic rings. The molecule has 8 nitrogen and oxygen atoms in total. The van der Waals surface area contributed by atoms with Crippen molar-refractivity contribution in [2.24, 2.45) is 15.5 Å². The van der Waals surface area contributed by atoms with Gasteiger partial charge in [-0.2, -0.15) is 17.1 Å². The first-order valence-corrected chi connectivity index (χ1v) is 12.0. The zero-order valence-electron chi connectivity index (χ0n) is 18.8. The van der Waals surface area contributed by atoms with Gasteiger partial charge in [-0.25, -0.2) is 13.2 Å². The fourth-order valence-electron chi connectivity index (χ4n) is 3.88. The quantitative estimate of drug-likeness (QED) is 0.595. The summed E-state index contributed by atoms with van der Waals surface area (Å²) in [5, 5.41) is 4.11. The molecule has 1 aromatic carbocycles. The van der Waals surface area contributed by atoms with Gasteiger partial charge >= 0.3 is 10.2 Å². The molecule has 34 heavy (non-hydrogen) atoms. The number of aromatic nitrogens is 1. The fraction of sp³-hybridized carbons (Fsp3) is 0.409. The van der Waals surface area contributed by atoms with Gasteiger partial charge in [-0.15, -0.1) is 0 Å². The molecule has 1 saturated heterocycles. The van der Waals surface area contributed by atoms with Gasteiger partial charge in [0.2, 0.25) is 0 Å². The minimum Gasteiger partial charge on any atom is -0.386 e. The molecule has 4 rings (SSSR count). The standard InChI is InChI=1S/C22H24F3N5O3S/c1-13-4-5-16(17(6-13)22-18(24)7-15(23)10-26-22)20-8-21(28-33-20)30-11-14(19(25)12-30)9-27-34(31,32)29(2)3/h4-7,9-10,14,19-20H,8,11-12H2,1-3H3/b27-9+/t14?,19-,20?/m0/s1. The predicted octanol–water partition coefficient (Wildman–Crippen LogP) is 3.26. The maximum atomic E-state index is 14.6. The van der Waals surface area contributed by atoms with Gasteiger partial charge in [0.25, 0.3) is 0 Å². The Labute approximate surface area is 195 Å². The summed E-state index contributed by atoms with van der Waals surface area (Å²) in [4.78, 5) is 11.2. The maximum absolute atomic E-state index is 14.6. The first kappa shape index (κ1) is 24.1. The van der Waals surface area contributed by atoms with Gasteiger partial charge in [-0.05, 0) is 13.0 Å². The number of hydrogen-bond acceptors (Lipinski definition) is 6. The first-order chi connectivity index (χ1) is 16.0. The molecular weight excluding hydrogens is 471 g/mol. The predicted molar refractivity (Wildman–Crippen MR) is 121 cm³/mol. The lowest BCUT2D eigenvalue weighted by Crippen LogP contribution is -2.28. The van der Waals surface area contributed by atoms with E-state index in [2.05, 4.69) is 14.5 Å². The van der Waals surface area contributed by atoms with Crippen molar-refractivity contribution in [2.75, 3.05) is 27.2 Å². The molecule has 2 aromatic rings. The van der Waals surface area contributed by atoms with Crippen molar-refractivity contribution in [3.8, 4) is 11.3 Å². The van der Waals surface area contributed by atoms with Crippen LogP contribution in [0.5, 0.6) is 0 Å². The van der Waals surface area contributed by atoms with Crippen molar-refractivity contribution in [1.82, 2.24) is 14.2 Å². The highest BCUT2D eigenvalue weighted by Crippen LogP contribution is 2.37. The summed E-state index contributed by atoms with van der Waals surface area (Å²) in [5.74, 6) is -1.79. The van der Waals surface area contributed by atoms with Crippen molar-refractivity contribution >= 4 is 22.3 Å². The van der Waals surface area contributed by atoms with E-state index in [0.29, 0.717) is 23.4 Å². The van der Waals surface area contributed by atoms with Crippen LogP contribution in [0.25, 0.3) is 11.3 Å². The van der Waals surface area contributed by atoms with E-state index < -0.39 is 40.0 Å². The number of oxime groups is 1. The lowest BCUT2D eigenvalue weighted by atomic mass is 9.95. The minimum atomic E-state index is -3.83. The molecule has 0 spiro atoms. The van der Waals surface area contributed by atoms with E-state index in [0.717, 1.165) is 28.3 Å². The van der Waals surface area contributed by atoms with Gasteiger partial charge in [0.15, 0.2) is 11.9 Å². The summed E-state index contributed by atoms with van der Waals surface area (Å²) in [6.07, 6.45) is 0.471. The molecule has 0 bridgehead atoms. The van der Waals surface area contributed by atoms with Crippen LogP contribution in [-0.2, 0) is 15.0 Å². The van der Waals surface area contributed by atoms with Crippen LogP contribution in [0.4, 0.5) is 13.2 Å². The molecule has 2 aliphatic heterocycles. The van der Waals surface area contributed by atoms with E-state index in [1.165, 1.54) is 14.1 Å². The Bertz CT molecular complexity index is 1250. The zero-order chi connectivity index (χ0) is 24.6.